The molecule has 0 spiro atoms. The van der Waals surface area contributed by atoms with Gasteiger partial charge in [-0.1, -0.05) is 37.3 Å². The van der Waals surface area contributed by atoms with E-state index in [1.54, 1.807) is 0 Å². The van der Waals surface area contributed by atoms with E-state index in [1.165, 1.54) is 5.56 Å². The van der Waals surface area contributed by atoms with Crippen molar-refractivity contribution in [2.24, 2.45) is 5.92 Å². The van der Waals surface area contributed by atoms with Crippen LogP contribution in [0.2, 0.25) is 0 Å². The Morgan fingerprint density at radius 3 is 2.80 bits per heavy atom. The molecule has 0 amide bonds. The lowest BCUT2D eigenvalue weighted by atomic mass is 10.1. The summed E-state index contributed by atoms with van der Waals surface area (Å²) in [6, 6.07) is 11.1. The number of aromatic nitrogens is 2. The largest absolute Gasteiger partial charge is 0.379 e. The molecule has 0 N–H and O–H groups in total. The summed E-state index contributed by atoms with van der Waals surface area (Å²) >= 11 is 0. The maximum atomic E-state index is 5.92. The Labute approximate surface area is 148 Å². The second kappa shape index (κ2) is 7.54. The van der Waals surface area contributed by atoms with E-state index in [4.69, 9.17) is 9.26 Å². The molecule has 134 valence electrons. The smallest absolute Gasteiger partial charge is 0.266 e. The Morgan fingerprint density at radius 1 is 1.12 bits per heavy atom. The lowest BCUT2D eigenvalue weighted by Gasteiger charge is -2.30. The molecular formula is C19H26N4O2. The highest BCUT2D eigenvalue weighted by molar-refractivity contribution is 5.29. The molecule has 0 saturated carbocycles. The molecule has 2 aliphatic heterocycles. The molecule has 0 aliphatic carbocycles. The summed E-state index contributed by atoms with van der Waals surface area (Å²) in [6.07, 6.45) is 1.85. The first kappa shape index (κ1) is 16.5. The van der Waals surface area contributed by atoms with Crippen molar-refractivity contribution in [3.63, 3.8) is 0 Å². The van der Waals surface area contributed by atoms with Crippen LogP contribution in [0.4, 0.5) is 5.95 Å². The quantitative estimate of drug-likeness (QED) is 0.829. The molecule has 4 rings (SSSR count). The van der Waals surface area contributed by atoms with Crippen molar-refractivity contribution in [3.8, 4) is 0 Å². The number of anilines is 1. The predicted octanol–water partition coefficient (Wildman–Crippen LogP) is 2.01. The highest BCUT2D eigenvalue weighted by Crippen LogP contribution is 2.23. The average molecular weight is 342 g/mol. The molecule has 25 heavy (non-hydrogen) atoms. The summed E-state index contributed by atoms with van der Waals surface area (Å²) in [7, 11) is 0. The minimum Gasteiger partial charge on any atom is -0.379 e. The van der Waals surface area contributed by atoms with Gasteiger partial charge in [-0.2, -0.15) is 4.98 Å². The Balaban J connectivity index is 1.46. The van der Waals surface area contributed by atoms with Crippen LogP contribution < -0.4 is 4.90 Å². The third kappa shape index (κ3) is 3.85. The fourth-order valence-electron chi connectivity index (χ4n) is 3.80. The number of ether oxygens (including phenoxy) is 1. The van der Waals surface area contributed by atoms with Crippen molar-refractivity contribution < 1.29 is 9.26 Å². The van der Waals surface area contributed by atoms with E-state index in [0.717, 1.165) is 58.2 Å². The first-order chi connectivity index (χ1) is 12.3. The van der Waals surface area contributed by atoms with E-state index < -0.39 is 0 Å². The molecule has 2 bridgehead atoms. The topological polar surface area (TPSA) is 54.6 Å². The zero-order valence-electron chi connectivity index (χ0n) is 14.8. The lowest BCUT2D eigenvalue weighted by molar-refractivity contribution is 0.0887. The number of fused-ring (bicyclic) bond motifs is 3. The minimum absolute atomic E-state index is 0.375. The zero-order chi connectivity index (χ0) is 17.1. The molecule has 6 nitrogen and oxygen atoms in total. The maximum absolute atomic E-state index is 5.92. The number of nitrogens with zero attached hydrogens (tertiary/aromatic N) is 4. The molecule has 0 unspecified atom stereocenters. The average Bonchev–Trinajstić information content (AvgIpc) is 2.94. The standard InChI is InChI=1S/C19H26N4O2/c1-2-18-20-19(21-25-18)23-11-16-10-22(17(12-23)14-24-13-16)9-8-15-6-4-3-5-7-15/h3-7,16-17H,2,8-14H2,1H3/t16-,17+/m1/s1. The van der Waals surface area contributed by atoms with Crippen LogP contribution in [0.3, 0.4) is 0 Å². The van der Waals surface area contributed by atoms with Gasteiger partial charge in [-0.25, -0.2) is 0 Å². The first-order valence-corrected chi connectivity index (χ1v) is 9.25. The van der Waals surface area contributed by atoms with Crippen LogP contribution in [0.1, 0.15) is 18.4 Å². The van der Waals surface area contributed by atoms with Crippen molar-refractivity contribution in [2.45, 2.75) is 25.8 Å². The highest BCUT2D eigenvalue weighted by Gasteiger charge is 2.34. The first-order valence-electron chi connectivity index (χ1n) is 9.25. The normalized spacial score (nSPS) is 24.3. The molecule has 2 atom stereocenters. The van der Waals surface area contributed by atoms with Gasteiger partial charge in [-0.05, 0) is 17.1 Å². The van der Waals surface area contributed by atoms with Crippen LogP contribution in [0.15, 0.2) is 34.9 Å². The van der Waals surface area contributed by atoms with E-state index in [0.29, 0.717) is 17.9 Å². The zero-order valence-corrected chi connectivity index (χ0v) is 14.8. The van der Waals surface area contributed by atoms with Crippen LogP contribution in [0, 0.1) is 5.92 Å². The van der Waals surface area contributed by atoms with Crippen molar-refractivity contribution in [1.29, 1.82) is 0 Å². The molecular weight excluding hydrogens is 316 g/mol. The Kier molecular flexibility index (Phi) is 4.99. The van der Waals surface area contributed by atoms with Gasteiger partial charge in [0.15, 0.2) is 0 Å². The van der Waals surface area contributed by atoms with Gasteiger partial charge >= 0.3 is 0 Å². The number of benzene rings is 1. The molecule has 6 heteroatoms. The second-order valence-electron chi connectivity index (χ2n) is 7.03. The molecule has 2 fully saturated rings. The highest BCUT2D eigenvalue weighted by atomic mass is 16.5. The van der Waals surface area contributed by atoms with Crippen LogP contribution >= 0.6 is 0 Å². The summed E-state index contributed by atoms with van der Waals surface area (Å²) in [5, 5.41) is 4.18. The lowest BCUT2D eigenvalue weighted by Crippen LogP contribution is -2.44. The number of aryl methyl sites for hydroxylation is 1. The minimum atomic E-state index is 0.375. The monoisotopic (exact) mass is 342 g/mol. The molecule has 0 radical (unpaired) electrons. The second-order valence-corrected chi connectivity index (χ2v) is 7.03. The number of hydrogen-bond donors (Lipinski definition) is 0. The van der Waals surface area contributed by atoms with Crippen molar-refractivity contribution in [1.82, 2.24) is 15.0 Å². The molecule has 2 saturated heterocycles. The van der Waals surface area contributed by atoms with E-state index in [1.807, 2.05) is 6.92 Å². The molecule has 2 aliphatic rings. The van der Waals surface area contributed by atoms with Crippen molar-refractivity contribution in [2.75, 3.05) is 44.3 Å². The van der Waals surface area contributed by atoms with E-state index in [9.17, 15) is 0 Å². The molecule has 1 aromatic heterocycles. The van der Waals surface area contributed by atoms with Gasteiger partial charge < -0.3 is 14.2 Å². The molecule has 3 heterocycles. The van der Waals surface area contributed by atoms with Crippen molar-refractivity contribution >= 4 is 5.95 Å². The summed E-state index contributed by atoms with van der Waals surface area (Å²) < 4.78 is 11.2. The SMILES string of the molecule is CCc1nc(N2C[C@@H]3COC[C@H](C2)N(CCc2ccccc2)C3)no1. The van der Waals surface area contributed by atoms with Crippen LogP contribution in [-0.4, -0.2) is 60.5 Å². The fourth-order valence-corrected chi connectivity index (χ4v) is 3.80. The van der Waals surface area contributed by atoms with Gasteiger partial charge in [-0.15, -0.1) is 0 Å². The summed E-state index contributed by atoms with van der Waals surface area (Å²) in [5.41, 5.74) is 1.39. The van der Waals surface area contributed by atoms with E-state index in [-0.39, 0.29) is 0 Å². The van der Waals surface area contributed by atoms with Crippen LogP contribution in [-0.2, 0) is 17.6 Å². The predicted molar refractivity (Wildman–Crippen MR) is 95.7 cm³/mol. The Hall–Kier alpha value is -1.92. The van der Waals surface area contributed by atoms with Gasteiger partial charge in [0.2, 0.25) is 5.89 Å². The van der Waals surface area contributed by atoms with Gasteiger partial charge in [0, 0.05) is 38.5 Å². The maximum Gasteiger partial charge on any atom is 0.266 e. The van der Waals surface area contributed by atoms with Gasteiger partial charge in [0.25, 0.3) is 5.95 Å². The fraction of sp³-hybridized carbons (Fsp3) is 0.579. The van der Waals surface area contributed by atoms with Gasteiger partial charge in [0.1, 0.15) is 0 Å². The third-order valence-corrected chi connectivity index (χ3v) is 5.16. The van der Waals surface area contributed by atoms with Gasteiger partial charge in [-0.3, -0.25) is 4.90 Å². The summed E-state index contributed by atoms with van der Waals surface area (Å²) in [4.78, 5) is 9.40. The Bertz CT molecular complexity index is 675. The summed E-state index contributed by atoms with van der Waals surface area (Å²) in [5.74, 6) is 1.92. The van der Waals surface area contributed by atoms with Crippen molar-refractivity contribution in [3.05, 3.63) is 41.8 Å². The number of rotatable bonds is 5. The van der Waals surface area contributed by atoms with Crippen LogP contribution in [0.5, 0.6) is 0 Å². The molecule has 1 aromatic carbocycles. The Morgan fingerprint density at radius 2 is 2.00 bits per heavy atom. The van der Waals surface area contributed by atoms with Crippen LogP contribution in [0.25, 0.3) is 0 Å². The number of hydrogen-bond acceptors (Lipinski definition) is 6. The molecule has 2 aromatic rings. The van der Waals surface area contributed by atoms with E-state index in [2.05, 4.69) is 50.3 Å². The summed E-state index contributed by atoms with van der Waals surface area (Å²) in [6.45, 7) is 7.59. The van der Waals surface area contributed by atoms with E-state index >= 15 is 0 Å². The third-order valence-electron chi connectivity index (χ3n) is 5.16. The van der Waals surface area contributed by atoms with Gasteiger partial charge in [0.05, 0.1) is 19.3 Å².